The Balaban J connectivity index is 1.96. The summed E-state index contributed by atoms with van der Waals surface area (Å²) in [6.45, 7) is 3.64. The lowest BCUT2D eigenvalue weighted by atomic mass is 9.67. The molecule has 1 atom stereocenters. The molecule has 1 spiro atoms. The van der Waals surface area contributed by atoms with Crippen LogP contribution in [0.3, 0.4) is 0 Å². The van der Waals surface area contributed by atoms with Gasteiger partial charge in [0.25, 0.3) is 0 Å². The van der Waals surface area contributed by atoms with Crippen LogP contribution < -0.4 is 10.5 Å². The molecular formula is C21H17N3O4. The van der Waals surface area contributed by atoms with Gasteiger partial charge in [-0.2, -0.15) is 0 Å². The van der Waals surface area contributed by atoms with Crippen molar-refractivity contribution >= 4 is 22.5 Å². The number of aromatic nitrogens is 2. The number of Topliss-reactive ketones (excluding diaryl/α,β-unsaturated/α-hetero) is 1. The van der Waals surface area contributed by atoms with E-state index in [1.165, 1.54) is 0 Å². The van der Waals surface area contributed by atoms with Crippen LogP contribution in [0.25, 0.3) is 10.8 Å². The van der Waals surface area contributed by atoms with Gasteiger partial charge in [-0.15, -0.1) is 5.10 Å². The molecular weight excluding hydrogens is 358 g/mol. The zero-order valence-electron chi connectivity index (χ0n) is 15.3. The number of aromatic amines is 1. The number of hydrogen-bond acceptors (Lipinski definition) is 6. The van der Waals surface area contributed by atoms with Crippen LogP contribution in [0.4, 0.5) is 0 Å². The Labute approximate surface area is 160 Å². The van der Waals surface area contributed by atoms with Crippen molar-refractivity contribution in [3.05, 3.63) is 70.2 Å². The molecule has 2 heterocycles. The van der Waals surface area contributed by atoms with E-state index in [1.807, 2.05) is 30.3 Å². The van der Waals surface area contributed by atoms with E-state index in [4.69, 9.17) is 15.2 Å². The van der Waals surface area contributed by atoms with Gasteiger partial charge in [0.15, 0.2) is 5.78 Å². The first-order valence-electron chi connectivity index (χ1n) is 8.99. The highest BCUT2D eigenvalue weighted by molar-refractivity contribution is 6.26. The van der Waals surface area contributed by atoms with Gasteiger partial charge in [0, 0.05) is 11.3 Å². The van der Waals surface area contributed by atoms with Crippen molar-refractivity contribution < 1.29 is 19.1 Å². The Morgan fingerprint density at radius 3 is 2.79 bits per heavy atom. The quantitative estimate of drug-likeness (QED) is 0.667. The Bertz CT molecular complexity index is 1220. The summed E-state index contributed by atoms with van der Waals surface area (Å²) in [5, 5.41) is 8.74. The Morgan fingerprint density at radius 1 is 1.29 bits per heavy atom. The molecule has 3 aromatic rings. The van der Waals surface area contributed by atoms with Gasteiger partial charge in [-0.1, -0.05) is 36.4 Å². The highest BCUT2D eigenvalue weighted by Crippen LogP contribution is 2.56. The molecule has 1 unspecified atom stereocenters. The number of H-pyrrole nitrogens is 1. The molecule has 0 fully saturated rings. The number of rotatable bonds is 2. The maximum absolute atomic E-state index is 13.9. The zero-order chi connectivity index (χ0) is 19.6. The fourth-order valence-corrected chi connectivity index (χ4v) is 4.51. The van der Waals surface area contributed by atoms with Gasteiger partial charge in [0.1, 0.15) is 11.0 Å². The topological polar surface area (TPSA) is 107 Å². The van der Waals surface area contributed by atoms with Crippen LogP contribution in [0.2, 0.25) is 0 Å². The first kappa shape index (κ1) is 16.6. The number of aryl methyl sites for hydroxylation is 1. The van der Waals surface area contributed by atoms with Crippen molar-refractivity contribution in [3.63, 3.8) is 0 Å². The molecule has 0 bridgehead atoms. The molecule has 2 aliphatic rings. The van der Waals surface area contributed by atoms with Crippen molar-refractivity contribution in [1.82, 2.24) is 10.2 Å². The number of hydrogen-bond donors (Lipinski definition) is 2. The average Bonchev–Trinajstić information content (AvgIpc) is 3.16. The molecule has 0 amide bonds. The van der Waals surface area contributed by atoms with Crippen molar-refractivity contribution in [2.75, 3.05) is 6.61 Å². The second kappa shape index (κ2) is 5.45. The summed E-state index contributed by atoms with van der Waals surface area (Å²) in [6, 6.07) is 11.2. The maximum Gasteiger partial charge on any atom is 0.341 e. The summed E-state index contributed by atoms with van der Waals surface area (Å²) in [7, 11) is 0. The number of nitrogens with zero attached hydrogens (tertiary/aromatic N) is 1. The first-order chi connectivity index (χ1) is 13.5. The summed E-state index contributed by atoms with van der Waals surface area (Å²) < 4.78 is 10.9. The lowest BCUT2D eigenvalue weighted by Gasteiger charge is -2.34. The van der Waals surface area contributed by atoms with Crippen molar-refractivity contribution in [3.8, 4) is 5.88 Å². The normalized spacial score (nSPS) is 19.9. The smallest absolute Gasteiger partial charge is 0.341 e. The fourth-order valence-electron chi connectivity index (χ4n) is 4.51. The lowest BCUT2D eigenvalue weighted by Crippen LogP contribution is -2.44. The van der Waals surface area contributed by atoms with Crippen LogP contribution >= 0.6 is 0 Å². The van der Waals surface area contributed by atoms with Gasteiger partial charge in [0.05, 0.1) is 12.2 Å². The number of ether oxygens (including phenoxy) is 2. The van der Waals surface area contributed by atoms with E-state index >= 15 is 0 Å². The molecule has 0 saturated heterocycles. The molecule has 28 heavy (non-hydrogen) atoms. The molecule has 1 aliphatic heterocycles. The summed E-state index contributed by atoms with van der Waals surface area (Å²) in [5.74, 6) is -0.888. The van der Waals surface area contributed by atoms with Gasteiger partial charge in [-0.3, -0.25) is 9.89 Å². The minimum Gasteiger partial charge on any atom is -0.462 e. The molecule has 5 rings (SSSR count). The summed E-state index contributed by atoms with van der Waals surface area (Å²) in [5.41, 5.74) is 7.06. The Morgan fingerprint density at radius 2 is 2.04 bits per heavy atom. The molecule has 1 aromatic heterocycles. The molecule has 7 nitrogen and oxygen atoms in total. The number of carbonyl (C=O) groups excluding carboxylic acids is 2. The number of carbonyl (C=O) groups is 2. The SMILES string of the molecule is CCOC(=O)C1=C(N)Oc2n[nH]c(C)c2C12C(=O)c1cccc3cccc2c13. The highest BCUT2D eigenvalue weighted by atomic mass is 16.5. The standard InChI is InChI=1S/C21H17N3O4/c1-3-27-20(26)16-18(22)28-19-15(10(2)23-24-19)21(16)13-9-5-7-11-6-4-8-12(14(11)13)17(21)25/h4-9H,3,22H2,1-2H3,(H,23,24). The van der Waals surface area contributed by atoms with Crippen LogP contribution in [0, 0.1) is 6.92 Å². The fraction of sp³-hybridized carbons (Fsp3) is 0.190. The van der Waals surface area contributed by atoms with Gasteiger partial charge in [-0.05, 0) is 30.2 Å². The zero-order valence-corrected chi connectivity index (χ0v) is 15.3. The van der Waals surface area contributed by atoms with Crippen molar-refractivity contribution in [1.29, 1.82) is 0 Å². The number of nitrogens with one attached hydrogen (secondary N) is 1. The number of ketones is 1. The van der Waals surface area contributed by atoms with E-state index in [0.717, 1.165) is 10.8 Å². The Hall–Kier alpha value is -3.61. The van der Waals surface area contributed by atoms with E-state index in [2.05, 4.69) is 10.2 Å². The molecule has 7 heteroatoms. The van der Waals surface area contributed by atoms with Crippen LogP contribution in [0.15, 0.2) is 47.9 Å². The average molecular weight is 375 g/mol. The molecule has 140 valence electrons. The third kappa shape index (κ3) is 1.76. The summed E-state index contributed by atoms with van der Waals surface area (Å²) in [6.07, 6.45) is 0. The lowest BCUT2D eigenvalue weighted by molar-refractivity contribution is -0.139. The monoisotopic (exact) mass is 375 g/mol. The van der Waals surface area contributed by atoms with Crippen molar-refractivity contribution in [2.45, 2.75) is 19.3 Å². The number of nitrogens with two attached hydrogens (primary N) is 1. The molecule has 0 radical (unpaired) electrons. The molecule has 1 aliphatic carbocycles. The van der Waals surface area contributed by atoms with Crippen LogP contribution in [0.1, 0.15) is 34.1 Å². The largest absolute Gasteiger partial charge is 0.462 e. The summed E-state index contributed by atoms with van der Waals surface area (Å²) >= 11 is 0. The minimum atomic E-state index is -1.45. The first-order valence-corrected chi connectivity index (χ1v) is 8.99. The van der Waals surface area contributed by atoms with Gasteiger partial charge in [0.2, 0.25) is 11.8 Å². The maximum atomic E-state index is 13.9. The van der Waals surface area contributed by atoms with E-state index in [-0.39, 0.29) is 29.7 Å². The third-order valence-electron chi connectivity index (χ3n) is 5.49. The van der Waals surface area contributed by atoms with E-state index in [9.17, 15) is 9.59 Å². The van der Waals surface area contributed by atoms with Gasteiger partial charge in [-0.25, -0.2) is 4.79 Å². The number of benzene rings is 2. The van der Waals surface area contributed by atoms with E-state index < -0.39 is 11.4 Å². The van der Waals surface area contributed by atoms with Crippen LogP contribution in [-0.4, -0.2) is 28.6 Å². The van der Waals surface area contributed by atoms with Crippen LogP contribution in [-0.2, 0) is 14.9 Å². The van der Waals surface area contributed by atoms with Crippen LogP contribution in [0.5, 0.6) is 5.88 Å². The molecule has 0 saturated carbocycles. The van der Waals surface area contributed by atoms with E-state index in [1.54, 1.807) is 19.9 Å². The molecule has 2 aromatic carbocycles. The number of fused-ring (bicyclic) bond motifs is 3. The third-order valence-corrected chi connectivity index (χ3v) is 5.49. The molecule has 3 N–H and O–H groups in total. The highest BCUT2D eigenvalue weighted by Gasteiger charge is 2.60. The number of esters is 1. The van der Waals surface area contributed by atoms with Gasteiger partial charge < -0.3 is 15.2 Å². The Kier molecular flexibility index (Phi) is 3.22. The predicted molar refractivity (Wildman–Crippen MR) is 101 cm³/mol. The summed E-state index contributed by atoms with van der Waals surface area (Å²) in [4.78, 5) is 26.9. The van der Waals surface area contributed by atoms with E-state index in [0.29, 0.717) is 22.4 Å². The van der Waals surface area contributed by atoms with Gasteiger partial charge >= 0.3 is 5.97 Å². The predicted octanol–water partition coefficient (Wildman–Crippen LogP) is 2.48. The second-order valence-electron chi connectivity index (χ2n) is 6.88. The minimum absolute atomic E-state index is 0.0000463. The second-order valence-corrected chi connectivity index (χ2v) is 6.88. The van der Waals surface area contributed by atoms with Crippen molar-refractivity contribution in [2.24, 2.45) is 5.73 Å².